The van der Waals surface area contributed by atoms with E-state index in [1.807, 2.05) is 0 Å². The number of aromatic nitrogens is 2. The summed E-state index contributed by atoms with van der Waals surface area (Å²) in [5.74, 6) is 2.22. The van der Waals surface area contributed by atoms with E-state index in [0.717, 1.165) is 44.3 Å². The van der Waals surface area contributed by atoms with Crippen LogP contribution in [0.4, 0.5) is 5.69 Å². The molecule has 0 unspecified atom stereocenters. The molecule has 1 aromatic carbocycles. The lowest BCUT2D eigenvalue weighted by atomic mass is 10.2. The van der Waals surface area contributed by atoms with Crippen LogP contribution in [-0.4, -0.2) is 43.1 Å². The van der Waals surface area contributed by atoms with Crippen molar-refractivity contribution in [1.82, 2.24) is 14.4 Å². The fourth-order valence-corrected chi connectivity index (χ4v) is 4.98. The highest BCUT2D eigenvalue weighted by Gasteiger charge is 2.29. The third-order valence-corrected chi connectivity index (χ3v) is 7.12. The molecule has 1 aliphatic carbocycles. The van der Waals surface area contributed by atoms with Gasteiger partial charge in [0.15, 0.2) is 5.82 Å². The molecule has 0 amide bonds. The van der Waals surface area contributed by atoms with Crippen molar-refractivity contribution in [3.63, 3.8) is 0 Å². The van der Waals surface area contributed by atoms with Crippen LogP contribution < -0.4 is 10.1 Å². The van der Waals surface area contributed by atoms with E-state index in [1.54, 1.807) is 29.6 Å². The van der Waals surface area contributed by atoms with Crippen molar-refractivity contribution in [2.75, 3.05) is 25.5 Å². The van der Waals surface area contributed by atoms with E-state index in [1.165, 1.54) is 0 Å². The molecule has 4 rings (SSSR count). The number of benzene rings is 1. The molecule has 8 nitrogen and oxygen atoms in total. The fraction of sp³-hybridized carbons (Fsp3) is 0.579. The smallest absolute Gasteiger partial charge is 0.245 e. The Morgan fingerprint density at radius 3 is 2.64 bits per heavy atom. The zero-order chi connectivity index (χ0) is 19.6. The summed E-state index contributed by atoms with van der Waals surface area (Å²) in [6.07, 6.45) is 6.18. The average Bonchev–Trinajstić information content (AvgIpc) is 3.50. The van der Waals surface area contributed by atoms with E-state index in [2.05, 4.69) is 15.5 Å². The first kappa shape index (κ1) is 19.2. The van der Waals surface area contributed by atoms with E-state index < -0.39 is 10.0 Å². The fourth-order valence-electron chi connectivity index (χ4n) is 3.43. The maximum Gasteiger partial charge on any atom is 0.245 e. The summed E-state index contributed by atoms with van der Waals surface area (Å²) in [6.45, 7) is 1.45. The van der Waals surface area contributed by atoms with Gasteiger partial charge in [-0.2, -0.15) is 9.29 Å². The highest BCUT2D eigenvalue weighted by atomic mass is 32.2. The molecule has 28 heavy (non-hydrogen) atoms. The maximum atomic E-state index is 13.1. The first-order valence-corrected chi connectivity index (χ1v) is 11.3. The van der Waals surface area contributed by atoms with Crippen molar-refractivity contribution < 1.29 is 17.7 Å². The summed E-state index contributed by atoms with van der Waals surface area (Å²) in [5.41, 5.74) is 0.588. The topological polar surface area (TPSA) is 97.6 Å². The molecule has 1 saturated heterocycles. The summed E-state index contributed by atoms with van der Waals surface area (Å²) >= 11 is 0. The van der Waals surface area contributed by atoms with E-state index in [4.69, 9.17) is 9.26 Å². The molecule has 1 aliphatic heterocycles. The molecule has 0 bridgehead atoms. The summed E-state index contributed by atoms with van der Waals surface area (Å²) in [7, 11) is -1.97. The van der Waals surface area contributed by atoms with Crippen LogP contribution in [0.2, 0.25) is 0 Å². The molecule has 2 aliphatic rings. The Bertz CT molecular complexity index is 916. The highest BCUT2D eigenvalue weighted by Crippen LogP contribution is 2.38. The molecule has 0 radical (unpaired) electrons. The van der Waals surface area contributed by atoms with Gasteiger partial charge < -0.3 is 14.6 Å². The van der Waals surface area contributed by atoms with Crippen LogP contribution in [0.15, 0.2) is 27.6 Å². The molecule has 0 atom stereocenters. The minimum Gasteiger partial charge on any atom is -0.495 e. The van der Waals surface area contributed by atoms with Crippen molar-refractivity contribution in [3.05, 3.63) is 29.9 Å². The lowest BCUT2D eigenvalue weighted by Crippen LogP contribution is -2.32. The van der Waals surface area contributed by atoms with Crippen LogP contribution in [-0.2, 0) is 16.6 Å². The summed E-state index contributed by atoms with van der Waals surface area (Å²) in [6, 6.07) is 4.90. The van der Waals surface area contributed by atoms with Gasteiger partial charge in [0.2, 0.25) is 15.9 Å². The number of hydrogen-bond donors (Lipinski definition) is 1. The quantitative estimate of drug-likeness (QED) is 0.754. The van der Waals surface area contributed by atoms with E-state index in [-0.39, 0.29) is 4.90 Å². The lowest BCUT2D eigenvalue weighted by Gasteiger charge is -2.21. The number of methoxy groups -OCH3 is 1. The van der Waals surface area contributed by atoms with Gasteiger partial charge >= 0.3 is 0 Å². The molecular formula is C19H26N4O4S. The molecule has 2 aromatic rings. The molecule has 152 valence electrons. The predicted octanol–water partition coefficient (Wildman–Crippen LogP) is 3.13. The van der Waals surface area contributed by atoms with Gasteiger partial charge in [-0.15, -0.1) is 0 Å². The molecular weight excluding hydrogens is 380 g/mol. The van der Waals surface area contributed by atoms with Crippen molar-refractivity contribution in [2.24, 2.45) is 0 Å². The number of nitrogens with zero attached hydrogens (tertiary/aromatic N) is 3. The average molecular weight is 407 g/mol. The molecule has 1 aromatic heterocycles. The second kappa shape index (κ2) is 8.08. The zero-order valence-electron chi connectivity index (χ0n) is 16.1. The number of anilines is 1. The third kappa shape index (κ3) is 4.15. The Balaban J connectivity index is 1.52. The van der Waals surface area contributed by atoms with Crippen LogP contribution >= 0.6 is 0 Å². The van der Waals surface area contributed by atoms with Crippen LogP contribution in [0.25, 0.3) is 0 Å². The highest BCUT2D eigenvalue weighted by molar-refractivity contribution is 7.89. The first-order valence-electron chi connectivity index (χ1n) is 9.82. The largest absolute Gasteiger partial charge is 0.495 e. The predicted molar refractivity (Wildman–Crippen MR) is 104 cm³/mol. The SMILES string of the molecule is COc1ccc(S(=O)(=O)N2CCCCCC2)cc1NCc1nc(C2CC2)no1. The lowest BCUT2D eigenvalue weighted by molar-refractivity contribution is 0.377. The van der Waals surface area contributed by atoms with Gasteiger partial charge in [0.25, 0.3) is 0 Å². The van der Waals surface area contributed by atoms with E-state index >= 15 is 0 Å². The molecule has 9 heteroatoms. The second-order valence-electron chi connectivity index (χ2n) is 7.35. The van der Waals surface area contributed by atoms with Gasteiger partial charge in [0, 0.05) is 19.0 Å². The molecule has 1 N–H and O–H groups in total. The number of rotatable bonds is 7. The molecule has 2 fully saturated rings. The van der Waals surface area contributed by atoms with Crippen LogP contribution in [0.1, 0.15) is 56.2 Å². The van der Waals surface area contributed by atoms with Gasteiger partial charge in [-0.1, -0.05) is 18.0 Å². The maximum absolute atomic E-state index is 13.1. The van der Waals surface area contributed by atoms with Gasteiger partial charge in [-0.25, -0.2) is 8.42 Å². The van der Waals surface area contributed by atoms with Crippen molar-refractivity contribution in [2.45, 2.75) is 55.9 Å². The van der Waals surface area contributed by atoms with Gasteiger partial charge in [0.05, 0.1) is 24.2 Å². The number of ether oxygens (including phenoxy) is 1. The van der Waals surface area contributed by atoms with Crippen LogP contribution in [0.3, 0.4) is 0 Å². The van der Waals surface area contributed by atoms with E-state index in [9.17, 15) is 8.42 Å². The normalized spacial score (nSPS) is 18.6. The standard InChI is InChI=1S/C19H26N4O4S/c1-26-17-9-8-15(28(24,25)23-10-4-2-3-5-11-23)12-16(17)20-13-18-21-19(22-27-18)14-6-7-14/h8-9,12,14,20H,2-7,10-11,13H2,1H3. The third-order valence-electron chi connectivity index (χ3n) is 5.23. The molecule has 2 heterocycles. The van der Waals surface area contributed by atoms with Gasteiger partial charge in [-0.05, 0) is 43.9 Å². The molecule has 0 spiro atoms. The summed E-state index contributed by atoms with van der Waals surface area (Å²) < 4.78 is 38.4. The monoisotopic (exact) mass is 406 g/mol. The Hall–Kier alpha value is -2.13. The number of nitrogens with one attached hydrogen (secondary N) is 1. The summed E-state index contributed by atoms with van der Waals surface area (Å²) in [5, 5.41) is 7.18. The van der Waals surface area contributed by atoms with Crippen molar-refractivity contribution in [1.29, 1.82) is 0 Å². The Morgan fingerprint density at radius 1 is 1.21 bits per heavy atom. The van der Waals surface area contributed by atoms with Gasteiger partial charge in [0.1, 0.15) is 5.75 Å². The first-order chi connectivity index (χ1) is 13.6. The van der Waals surface area contributed by atoms with Crippen LogP contribution in [0, 0.1) is 0 Å². The van der Waals surface area contributed by atoms with E-state index in [0.29, 0.717) is 42.9 Å². The minimum absolute atomic E-state index is 0.266. The molecule has 1 saturated carbocycles. The number of sulfonamides is 1. The number of hydrogen-bond acceptors (Lipinski definition) is 7. The van der Waals surface area contributed by atoms with Crippen LogP contribution in [0.5, 0.6) is 5.75 Å². The van der Waals surface area contributed by atoms with Crippen molar-refractivity contribution in [3.8, 4) is 5.75 Å². The Morgan fingerprint density at radius 2 is 1.96 bits per heavy atom. The Labute approximate surface area is 165 Å². The minimum atomic E-state index is -3.53. The second-order valence-corrected chi connectivity index (χ2v) is 9.29. The van der Waals surface area contributed by atoms with Gasteiger partial charge in [-0.3, -0.25) is 0 Å². The zero-order valence-corrected chi connectivity index (χ0v) is 16.9. The Kier molecular flexibility index (Phi) is 5.54. The summed E-state index contributed by atoms with van der Waals surface area (Å²) in [4.78, 5) is 4.66. The van der Waals surface area contributed by atoms with Crippen molar-refractivity contribution >= 4 is 15.7 Å².